The molecule has 0 atom stereocenters. The highest BCUT2D eigenvalue weighted by molar-refractivity contribution is 7.71. The third-order valence-corrected chi connectivity index (χ3v) is 4.32. The van der Waals surface area contributed by atoms with E-state index in [1.165, 1.54) is 23.3 Å². The minimum Gasteiger partial charge on any atom is -0.299 e. The van der Waals surface area contributed by atoms with Crippen molar-refractivity contribution in [3.8, 4) is 0 Å². The van der Waals surface area contributed by atoms with Gasteiger partial charge >= 0.3 is 0 Å². The van der Waals surface area contributed by atoms with Crippen LogP contribution in [0.2, 0.25) is 0 Å². The van der Waals surface area contributed by atoms with Crippen LogP contribution in [-0.2, 0) is 6.54 Å². The fraction of sp³-hybridized carbons (Fsp3) is 0.455. The van der Waals surface area contributed by atoms with Crippen LogP contribution in [0.5, 0.6) is 0 Å². The minimum absolute atomic E-state index is 0.633. The fourth-order valence-electron chi connectivity index (χ4n) is 1.85. The molecule has 3 rings (SSSR count). The number of aromatic nitrogens is 3. The van der Waals surface area contributed by atoms with Crippen LogP contribution in [0.15, 0.2) is 11.4 Å². The highest BCUT2D eigenvalue weighted by Gasteiger charge is 2.29. The van der Waals surface area contributed by atoms with Crippen LogP contribution in [0.3, 0.4) is 0 Å². The number of H-pyrrole nitrogens is 1. The van der Waals surface area contributed by atoms with Crippen LogP contribution in [-0.4, -0.2) is 14.8 Å². The number of aryl methyl sites for hydroxylation is 1. The van der Waals surface area contributed by atoms with Gasteiger partial charge in [-0.1, -0.05) is 0 Å². The average molecular weight is 251 g/mol. The largest absolute Gasteiger partial charge is 0.299 e. The van der Waals surface area contributed by atoms with Gasteiger partial charge in [0.25, 0.3) is 0 Å². The van der Waals surface area contributed by atoms with E-state index in [9.17, 15) is 0 Å². The number of hydrogen-bond donors (Lipinski definition) is 1. The lowest BCUT2D eigenvalue weighted by atomic mass is 10.3. The predicted molar refractivity (Wildman–Crippen MR) is 67.5 cm³/mol. The Morgan fingerprint density at radius 1 is 1.62 bits per heavy atom. The van der Waals surface area contributed by atoms with Crippen LogP contribution < -0.4 is 0 Å². The first-order chi connectivity index (χ1) is 7.75. The van der Waals surface area contributed by atoms with E-state index in [0.717, 1.165) is 17.1 Å². The number of rotatable bonds is 3. The van der Waals surface area contributed by atoms with Crippen LogP contribution in [0, 0.1) is 11.7 Å². The molecule has 16 heavy (non-hydrogen) atoms. The van der Waals surface area contributed by atoms with E-state index in [-0.39, 0.29) is 0 Å². The molecule has 1 aliphatic rings. The molecule has 2 heterocycles. The zero-order chi connectivity index (χ0) is 11.1. The molecule has 1 N–H and O–H groups in total. The van der Waals surface area contributed by atoms with Gasteiger partial charge in [-0.3, -0.25) is 9.67 Å². The molecular formula is C11H13N3S2. The van der Waals surface area contributed by atoms with Crippen LogP contribution in [0.1, 0.15) is 35.0 Å². The first kappa shape index (κ1) is 10.2. The molecule has 0 amide bonds. The number of nitrogens with zero attached hydrogens (tertiary/aromatic N) is 2. The van der Waals surface area contributed by atoms with Crippen LogP contribution >= 0.6 is 23.6 Å². The zero-order valence-electron chi connectivity index (χ0n) is 9.06. The van der Waals surface area contributed by atoms with Gasteiger partial charge in [0, 0.05) is 10.8 Å². The maximum Gasteiger partial charge on any atom is 0.195 e. The molecule has 0 aliphatic heterocycles. The minimum atomic E-state index is 0.633. The van der Waals surface area contributed by atoms with Crippen molar-refractivity contribution in [2.75, 3.05) is 0 Å². The first-order valence-corrected chi connectivity index (χ1v) is 6.72. The zero-order valence-corrected chi connectivity index (χ0v) is 10.7. The molecule has 0 spiro atoms. The Balaban J connectivity index is 1.97. The Morgan fingerprint density at radius 2 is 2.44 bits per heavy atom. The summed E-state index contributed by atoms with van der Waals surface area (Å²) in [6.45, 7) is 3.01. The number of thiophene rings is 1. The van der Waals surface area contributed by atoms with Crippen molar-refractivity contribution < 1.29 is 0 Å². The number of hydrogen-bond acceptors (Lipinski definition) is 3. The highest BCUT2D eigenvalue weighted by Crippen LogP contribution is 2.39. The normalized spacial score (nSPS) is 15.6. The van der Waals surface area contributed by atoms with E-state index >= 15 is 0 Å². The van der Waals surface area contributed by atoms with E-state index in [0.29, 0.717) is 5.92 Å². The molecule has 3 nitrogen and oxygen atoms in total. The molecular weight excluding hydrogens is 238 g/mol. The van der Waals surface area contributed by atoms with Crippen molar-refractivity contribution in [3.05, 3.63) is 32.5 Å². The summed E-state index contributed by atoms with van der Waals surface area (Å²) in [5.41, 5.74) is 1.34. The van der Waals surface area contributed by atoms with E-state index in [1.807, 2.05) is 0 Å². The molecule has 0 radical (unpaired) electrons. The summed E-state index contributed by atoms with van der Waals surface area (Å²) in [6, 6.07) is 2.15. The summed E-state index contributed by atoms with van der Waals surface area (Å²) in [6.07, 6.45) is 2.51. The summed E-state index contributed by atoms with van der Waals surface area (Å²) in [7, 11) is 0. The molecule has 2 aromatic rings. The Morgan fingerprint density at radius 3 is 3.06 bits per heavy atom. The highest BCUT2D eigenvalue weighted by atomic mass is 32.1. The van der Waals surface area contributed by atoms with E-state index in [2.05, 4.69) is 33.1 Å². The van der Waals surface area contributed by atoms with Gasteiger partial charge in [-0.25, -0.2) is 0 Å². The van der Waals surface area contributed by atoms with Crippen molar-refractivity contribution >= 4 is 23.6 Å². The van der Waals surface area contributed by atoms with Gasteiger partial charge in [-0.05, 0) is 49.0 Å². The van der Waals surface area contributed by atoms with Crippen molar-refractivity contribution in [3.63, 3.8) is 0 Å². The standard InChI is InChI=1S/C11H13N3S2/c1-7-4-5-16-9(7)6-14-10(8-2-3-8)12-13-11(14)15/h4-5,8H,2-3,6H2,1H3,(H,13,15). The molecule has 1 aliphatic carbocycles. The Kier molecular flexibility index (Phi) is 2.44. The van der Waals surface area contributed by atoms with Crippen molar-refractivity contribution in [1.29, 1.82) is 0 Å². The quantitative estimate of drug-likeness (QED) is 0.850. The summed E-state index contributed by atoms with van der Waals surface area (Å²) >= 11 is 7.07. The summed E-state index contributed by atoms with van der Waals surface area (Å²) < 4.78 is 2.89. The SMILES string of the molecule is Cc1ccsc1Cn1c(C2CC2)n[nH]c1=S. The monoisotopic (exact) mass is 251 g/mol. The third kappa shape index (κ3) is 1.74. The molecule has 2 aromatic heterocycles. The van der Waals surface area contributed by atoms with Crippen molar-refractivity contribution in [1.82, 2.24) is 14.8 Å². The fourth-order valence-corrected chi connectivity index (χ4v) is 2.94. The van der Waals surface area contributed by atoms with Crippen molar-refractivity contribution in [2.45, 2.75) is 32.2 Å². The van der Waals surface area contributed by atoms with Crippen molar-refractivity contribution in [2.24, 2.45) is 0 Å². The molecule has 84 valence electrons. The van der Waals surface area contributed by atoms with Gasteiger partial charge in [-0.15, -0.1) is 11.3 Å². The Labute approximate surface area is 103 Å². The number of nitrogens with one attached hydrogen (secondary N) is 1. The van der Waals surface area contributed by atoms with Crippen LogP contribution in [0.25, 0.3) is 0 Å². The van der Waals surface area contributed by atoms with E-state index in [1.54, 1.807) is 11.3 Å². The van der Waals surface area contributed by atoms with Gasteiger partial charge in [0.1, 0.15) is 5.82 Å². The summed E-state index contributed by atoms with van der Waals surface area (Å²) in [4.78, 5) is 1.37. The second-order valence-corrected chi connectivity index (χ2v) is 5.66. The number of aromatic amines is 1. The van der Waals surface area contributed by atoms with Gasteiger partial charge in [-0.2, -0.15) is 5.10 Å². The molecule has 0 bridgehead atoms. The van der Waals surface area contributed by atoms with E-state index in [4.69, 9.17) is 12.2 Å². The van der Waals surface area contributed by atoms with Gasteiger partial charge < -0.3 is 0 Å². The molecule has 1 fully saturated rings. The predicted octanol–water partition coefficient (Wildman–Crippen LogP) is 3.24. The third-order valence-electron chi connectivity index (χ3n) is 3.00. The molecule has 1 saturated carbocycles. The summed E-state index contributed by atoms with van der Waals surface area (Å²) in [5.74, 6) is 1.77. The average Bonchev–Trinajstić information content (AvgIpc) is 2.94. The van der Waals surface area contributed by atoms with E-state index < -0.39 is 0 Å². The van der Waals surface area contributed by atoms with Gasteiger partial charge in [0.05, 0.1) is 6.54 Å². The maximum absolute atomic E-state index is 5.29. The lowest BCUT2D eigenvalue weighted by Gasteiger charge is -2.05. The second kappa shape index (κ2) is 3.82. The summed E-state index contributed by atoms with van der Waals surface area (Å²) in [5, 5.41) is 9.38. The molecule has 5 heteroatoms. The molecule has 0 saturated heterocycles. The van der Waals surface area contributed by atoms with Crippen LogP contribution in [0.4, 0.5) is 0 Å². The smallest absolute Gasteiger partial charge is 0.195 e. The molecule has 0 unspecified atom stereocenters. The Hall–Kier alpha value is -0.940. The second-order valence-electron chi connectivity index (χ2n) is 4.27. The lowest BCUT2D eigenvalue weighted by molar-refractivity contribution is 0.724. The lowest BCUT2D eigenvalue weighted by Crippen LogP contribution is -2.04. The molecule has 0 aromatic carbocycles. The first-order valence-electron chi connectivity index (χ1n) is 5.44. The maximum atomic E-state index is 5.29. The topological polar surface area (TPSA) is 33.6 Å². The Bertz CT molecular complexity index is 560. The van der Waals surface area contributed by atoms with Gasteiger partial charge in [0.2, 0.25) is 0 Å². The van der Waals surface area contributed by atoms with Gasteiger partial charge in [0.15, 0.2) is 4.77 Å².